The molecule has 3 aromatic rings. The predicted octanol–water partition coefficient (Wildman–Crippen LogP) is -4.45. The van der Waals surface area contributed by atoms with Gasteiger partial charge in [-0.2, -0.15) is 4.98 Å². The van der Waals surface area contributed by atoms with Gasteiger partial charge in [-0.3, -0.25) is 34.1 Å². The van der Waals surface area contributed by atoms with E-state index in [0.717, 1.165) is 18.9 Å². The minimum absolute atomic E-state index is 0.00430. The average Bonchev–Trinajstić information content (AvgIpc) is 3.13. The molecule has 54 heavy (non-hydrogen) atoms. The van der Waals surface area contributed by atoms with Crippen LogP contribution in [0, 0.1) is 0 Å². The van der Waals surface area contributed by atoms with Crippen LogP contribution in [0.5, 0.6) is 0 Å². The maximum atomic E-state index is 12.8. The Morgan fingerprint density at radius 2 is 1.63 bits per heavy atom. The van der Waals surface area contributed by atoms with Crippen LogP contribution in [0.3, 0.4) is 0 Å². The number of benzene rings is 1. The van der Waals surface area contributed by atoms with Gasteiger partial charge in [0.05, 0.1) is 30.9 Å². The zero-order valence-corrected chi connectivity index (χ0v) is 30.3. The fourth-order valence-electron chi connectivity index (χ4n) is 4.17. The number of aliphatic carboxylic acids is 3. The monoisotopic (exact) mass is 857 g/mol. The number of nitrogens with one attached hydrogen (secondary N) is 4. The summed E-state index contributed by atoms with van der Waals surface area (Å²) in [5, 5.41) is 60.0. The Hall–Kier alpha value is -5.91. The Morgan fingerprint density at radius 1 is 0.981 bits per heavy atom. The fourth-order valence-corrected chi connectivity index (χ4v) is 4.39. The second-order valence-electron chi connectivity index (χ2n) is 10.8. The molecular weight excluding hydrogens is 825 g/mol. The average molecular weight is 858 g/mol. The molecule has 1 aromatic carbocycles. The number of carbonyl (C=O) groups excluding carboxylic acids is 2. The Labute approximate surface area is 319 Å². The normalized spacial score (nSPS) is 13.6. The van der Waals surface area contributed by atoms with Gasteiger partial charge in [-0.05, 0) is 42.5 Å². The Kier molecular flexibility index (Phi) is 17.7. The molecule has 25 heteroatoms. The van der Waals surface area contributed by atoms with Crippen LogP contribution >= 0.6 is 0 Å². The van der Waals surface area contributed by atoms with Crippen molar-refractivity contribution < 1.29 is 71.9 Å². The van der Waals surface area contributed by atoms with Crippen molar-refractivity contribution in [2.24, 2.45) is 15.7 Å². The number of nitrogens with two attached hydrogens (primary N) is 2. The van der Waals surface area contributed by atoms with Crippen LogP contribution in [0.15, 0.2) is 45.2 Å². The number of aliphatic imine (C=N–C) groups is 2. The molecule has 0 spiro atoms. The molecule has 0 unspecified atom stereocenters. The van der Waals surface area contributed by atoms with Crippen molar-refractivity contribution in [1.82, 2.24) is 30.6 Å². The third-order valence-corrected chi connectivity index (χ3v) is 7.18. The van der Waals surface area contributed by atoms with Gasteiger partial charge < -0.3 is 65.6 Å². The van der Waals surface area contributed by atoms with Gasteiger partial charge in [-0.25, -0.2) is 19.6 Å². The number of anilines is 2. The molecule has 2 aromatic heterocycles. The number of amides is 2. The van der Waals surface area contributed by atoms with Crippen LogP contribution in [0.4, 0.5) is 11.6 Å². The molecule has 0 aliphatic carbocycles. The van der Waals surface area contributed by atoms with E-state index < -0.39 is 96.4 Å². The molecule has 288 valence electrons. The number of aromatic amines is 1. The topological polar surface area (TPSA) is 394 Å². The predicted molar refractivity (Wildman–Crippen MR) is 180 cm³/mol. The SMILES string of the molecule is Nc1nc2ncc(CNc3ccc(C(=O)N[C@H](CCC(=O)NC[C@H](N)C([O-])=N[C@@H](CC(=O)O)C([O-])=N[C@@H](C[S-])C(=O)O)C(=O)O)cc3)nc2c(=O)[nH]1.[O]=[99Tc+3]. The molecule has 0 aliphatic rings. The Bertz CT molecular complexity index is 1950. The summed E-state index contributed by atoms with van der Waals surface area (Å²) < 4.78 is 8.22. The summed E-state index contributed by atoms with van der Waals surface area (Å²) in [5.41, 5.74) is 11.8. The van der Waals surface area contributed by atoms with E-state index >= 15 is 0 Å². The molecule has 0 bridgehead atoms. The van der Waals surface area contributed by atoms with Gasteiger partial charge in [-0.15, -0.1) is 5.75 Å². The van der Waals surface area contributed by atoms with Crippen molar-refractivity contribution in [1.29, 1.82) is 0 Å². The van der Waals surface area contributed by atoms with Gasteiger partial charge in [0.15, 0.2) is 11.2 Å². The van der Waals surface area contributed by atoms with Crippen LogP contribution < -0.4 is 43.2 Å². The van der Waals surface area contributed by atoms with Gasteiger partial charge >= 0.3 is 40.3 Å². The second-order valence-corrected chi connectivity index (χ2v) is 11.1. The molecule has 23 nitrogen and oxygen atoms in total. The molecule has 0 fully saturated rings. The van der Waals surface area contributed by atoms with E-state index in [0.29, 0.717) is 11.4 Å². The second kappa shape index (κ2) is 21.6. The number of H-pyrrole nitrogens is 1. The number of carbonyl (C=O) groups is 5. The van der Waals surface area contributed by atoms with Crippen molar-refractivity contribution in [3.63, 3.8) is 0 Å². The van der Waals surface area contributed by atoms with E-state index in [9.17, 15) is 44.1 Å². The zero-order chi connectivity index (χ0) is 40.5. The molecule has 11 N–H and O–H groups in total. The summed E-state index contributed by atoms with van der Waals surface area (Å²) in [6.07, 6.45) is -0.377. The molecule has 0 saturated heterocycles. The van der Waals surface area contributed by atoms with E-state index in [1.165, 1.54) is 18.3 Å². The molecule has 2 amide bonds. The fraction of sp³-hybridized carbons (Fsp3) is 0.345. The Balaban J connectivity index is 0.00000495. The quantitative estimate of drug-likeness (QED) is 0.0312. The summed E-state index contributed by atoms with van der Waals surface area (Å²) in [5.74, 6) is -9.11. The number of carboxylic acids is 3. The van der Waals surface area contributed by atoms with Gasteiger partial charge in [0, 0.05) is 30.3 Å². The number of fused-ring (bicyclic) bond motifs is 1. The summed E-state index contributed by atoms with van der Waals surface area (Å²) >= 11 is 5.50. The third kappa shape index (κ3) is 13.9. The standard InChI is InChI=1S/C29H35N11O11S.O.Tc/c30-15(24(45)37-17(7-20(42)43)25(46)38-18(11-52)28(50)51)10-33-19(41)6-5-16(27(48)49)36-23(44)12-1-3-13(4-2-12)32-8-14-9-34-22-21(35-14)26(47)40-29(31)39-22;;/h1-4,9,15-18,32,52H,5-8,10-11,30H2,(H,33,41)(H,36,44)(H,37,45)(H,38,46)(H,42,43)(H,48,49)(H,50,51)(H3,31,34,39,40,47);;/q;;+3/p-3/t15-,16+,17-,18-;;/m0../s1/i;;1+1. The van der Waals surface area contributed by atoms with Crippen molar-refractivity contribution in [2.75, 3.05) is 23.3 Å². The van der Waals surface area contributed by atoms with E-state index in [1.807, 2.05) is 0 Å². The van der Waals surface area contributed by atoms with Crippen molar-refractivity contribution in [3.05, 3.63) is 52.1 Å². The van der Waals surface area contributed by atoms with Crippen LogP contribution in [-0.4, -0.2) is 113 Å². The van der Waals surface area contributed by atoms with Gasteiger partial charge in [0.25, 0.3) is 11.5 Å². The molecule has 3 rings (SSSR count). The minimum atomic E-state index is -1.89. The number of carboxylic acid groups (broad SMARTS) is 3. The van der Waals surface area contributed by atoms with Crippen molar-refractivity contribution in [3.8, 4) is 0 Å². The first-order valence-corrected chi connectivity index (χ1v) is 16.5. The van der Waals surface area contributed by atoms with Gasteiger partial charge in [-0.1, -0.05) is 0 Å². The number of nitrogens with zero attached hydrogens (tertiary/aromatic N) is 5. The van der Waals surface area contributed by atoms with Crippen LogP contribution in [0.25, 0.3) is 11.2 Å². The molecule has 2 heterocycles. The van der Waals surface area contributed by atoms with Crippen LogP contribution in [-0.2, 0) is 60.7 Å². The summed E-state index contributed by atoms with van der Waals surface area (Å²) in [4.78, 5) is 92.5. The number of rotatable bonds is 19. The first-order chi connectivity index (χ1) is 25.6. The number of hydrogen-bond acceptors (Lipinski definition) is 18. The third-order valence-electron chi connectivity index (χ3n) is 6.87. The van der Waals surface area contributed by atoms with Crippen molar-refractivity contribution >= 4 is 76.9 Å². The number of hydrogen-bond donors (Lipinski definition) is 9. The summed E-state index contributed by atoms with van der Waals surface area (Å²) in [6, 6.07) is -0.667. The number of nitrogen functional groups attached to an aromatic ring is 1. The van der Waals surface area contributed by atoms with E-state index in [4.69, 9.17) is 25.2 Å². The Morgan fingerprint density at radius 3 is 2.22 bits per heavy atom. The molecule has 0 aliphatic heterocycles. The molecular formula is C29H32N11O12STc. The van der Waals surface area contributed by atoms with E-state index in [1.54, 1.807) is 12.1 Å². The van der Waals surface area contributed by atoms with Crippen molar-refractivity contribution in [2.45, 2.75) is 50.0 Å². The van der Waals surface area contributed by atoms with Crippen LogP contribution in [0.2, 0.25) is 0 Å². The van der Waals surface area contributed by atoms with Crippen LogP contribution in [0.1, 0.15) is 35.3 Å². The first-order valence-electron chi connectivity index (χ1n) is 15.2. The van der Waals surface area contributed by atoms with E-state index in [-0.39, 0.29) is 35.6 Å². The van der Waals surface area contributed by atoms with Gasteiger partial charge in [0.1, 0.15) is 12.1 Å². The van der Waals surface area contributed by atoms with Gasteiger partial charge in [0.2, 0.25) is 11.9 Å². The maximum absolute atomic E-state index is 12.8. The number of aromatic nitrogens is 4. The molecule has 0 saturated carbocycles. The van der Waals surface area contributed by atoms with E-state index in [2.05, 4.69) is 58.5 Å². The first kappa shape index (κ1) is 44.3. The summed E-state index contributed by atoms with van der Waals surface area (Å²) in [6.45, 7) is -0.389. The molecule has 4 atom stereocenters. The summed E-state index contributed by atoms with van der Waals surface area (Å²) in [7, 11) is 0. The molecule has 0 radical (unpaired) electrons. The zero-order valence-electron chi connectivity index (χ0n) is 27.6.